The van der Waals surface area contributed by atoms with Crippen molar-refractivity contribution in [3.05, 3.63) is 21.9 Å². The van der Waals surface area contributed by atoms with Crippen molar-refractivity contribution in [1.82, 2.24) is 9.80 Å². The molecule has 0 spiro atoms. The lowest BCUT2D eigenvalue weighted by Crippen LogP contribution is -2.49. The minimum absolute atomic E-state index is 0.122. The second-order valence-electron chi connectivity index (χ2n) is 4.82. The van der Waals surface area contributed by atoms with Gasteiger partial charge in [-0.1, -0.05) is 6.92 Å². The summed E-state index contributed by atoms with van der Waals surface area (Å²) >= 11 is 1.59. The lowest BCUT2D eigenvalue weighted by Gasteiger charge is -2.33. The van der Waals surface area contributed by atoms with Gasteiger partial charge in [-0.3, -0.25) is 14.5 Å². The molecule has 1 fully saturated rings. The molecule has 0 bridgehead atoms. The number of ketones is 1. The van der Waals surface area contributed by atoms with Crippen molar-refractivity contribution in [3.63, 3.8) is 0 Å². The van der Waals surface area contributed by atoms with E-state index >= 15 is 0 Å². The van der Waals surface area contributed by atoms with Gasteiger partial charge in [-0.25, -0.2) is 0 Å². The third kappa shape index (κ3) is 3.64. The van der Waals surface area contributed by atoms with Crippen LogP contribution >= 0.6 is 11.3 Å². The smallest absolute Gasteiger partial charge is 0.219 e. The SMILES string of the molecule is CCc1ccc(C(=O)CN2CCN(C(C)=O)CC2)s1. The van der Waals surface area contributed by atoms with Gasteiger partial charge in [-0.05, 0) is 18.6 Å². The van der Waals surface area contributed by atoms with Gasteiger partial charge in [0.2, 0.25) is 5.91 Å². The summed E-state index contributed by atoms with van der Waals surface area (Å²) in [6.45, 7) is 7.20. The number of rotatable bonds is 4. The average molecular weight is 280 g/mol. The van der Waals surface area contributed by atoms with E-state index in [1.165, 1.54) is 4.88 Å². The van der Waals surface area contributed by atoms with E-state index in [1.54, 1.807) is 18.3 Å². The summed E-state index contributed by atoms with van der Waals surface area (Å²) < 4.78 is 0. The topological polar surface area (TPSA) is 40.6 Å². The Bertz CT molecular complexity index is 462. The molecule has 4 nitrogen and oxygen atoms in total. The van der Waals surface area contributed by atoms with E-state index < -0.39 is 0 Å². The van der Waals surface area contributed by atoms with E-state index in [0.29, 0.717) is 6.54 Å². The third-order valence-corrected chi connectivity index (χ3v) is 4.74. The number of aryl methyl sites for hydroxylation is 1. The maximum Gasteiger partial charge on any atom is 0.219 e. The van der Waals surface area contributed by atoms with E-state index in [9.17, 15) is 9.59 Å². The first-order chi connectivity index (χ1) is 9.10. The molecule has 1 aromatic rings. The highest BCUT2D eigenvalue weighted by Gasteiger charge is 2.21. The summed E-state index contributed by atoms with van der Waals surface area (Å²) in [5.41, 5.74) is 0. The van der Waals surface area contributed by atoms with Gasteiger partial charge in [0.25, 0.3) is 0 Å². The van der Waals surface area contributed by atoms with E-state index in [1.807, 2.05) is 17.0 Å². The van der Waals surface area contributed by atoms with Crippen LogP contribution in [-0.2, 0) is 11.2 Å². The highest BCUT2D eigenvalue weighted by atomic mass is 32.1. The summed E-state index contributed by atoms with van der Waals surface area (Å²) in [5.74, 6) is 0.317. The fourth-order valence-electron chi connectivity index (χ4n) is 2.22. The average Bonchev–Trinajstić information content (AvgIpc) is 2.88. The number of thiophene rings is 1. The molecular weight excluding hydrogens is 260 g/mol. The molecule has 0 unspecified atom stereocenters. The molecule has 2 heterocycles. The van der Waals surface area contributed by atoms with Crippen LogP contribution in [0.1, 0.15) is 28.4 Å². The molecule has 0 N–H and O–H groups in total. The van der Waals surface area contributed by atoms with Gasteiger partial charge in [0.1, 0.15) is 0 Å². The Labute approximate surface area is 118 Å². The van der Waals surface area contributed by atoms with Crippen LogP contribution in [0.4, 0.5) is 0 Å². The molecule has 1 aliphatic rings. The second-order valence-corrected chi connectivity index (χ2v) is 5.99. The molecule has 1 aliphatic heterocycles. The molecule has 0 aromatic carbocycles. The first-order valence-electron chi connectivity index (χ1n) is 6.70. The lowest BCUT2D eigenvalue weighted by atomic mass is 10.2. The van der Waals surface area contributed by atoms with Gasteiger partial charge in [0.05, 0.1) is 11.4 Å². The highest BCUT2D eigenvalue weighted by Crippen LogP contribution is 2.18. The zero-order chi connectivity index (χ0) is 13.8. The first-order valence-corrected chi connectivity index (χ1v) is 7.51. The third-order valence-electron chi connectivity index (χ3n) is 3.47. The molecule has 2 rings (SSSR count). The maximum absolute atomic E-state index is 12.1. The van der Waals surface area contributed by atoms with Crippen LogP contribution in [0.5, 0.6) is 0 Å². The van der Waals surface area contributed by atoms with Gasteiger partial charge in [-0.2, -0.15) is 0 Å². The zero-order valence-electron chi connectivity index (χ0n) is 11.5. The van der Waals surface area contributed by atoms with Crippen LogP contribution < -0.4 is 0 Å². The van der Waals surface area contributed by atoms with E-state index in [4.69, 9.17) is 0 Å². The molecule has 1 saturated heterocycles. The Balaban J connectivity index is 1.85. The zero-order valence-corrected chi connectivity index (χ0v) is 12.3. The standard InChI is InChI=1S/C14H20N2O2S/c1-3-12-4-5-14(19-12)13(18)10-15-6-8-16(9-7-15)11(2)17/h4-5H,3,6-10H2,1-2H3. The fraction of sp³-hybridized carbons (Fsp3) is 0.571. The van der Waals surface area contributed by atoms with Crippen molar-refractivity contribution < 1.29 is 9.59 Å². The quantitative estimate of drug-likeness (QED) is 0.788. The van der Waals surface area contributed by atoms with Crippen molar-refractivity contribution in [2.75, 3.05) is 32.7 Å². The molecule has 5 heteroatoms. The first kappa shape index (κ1) is 14.2. The Morgan fingerprint density at radius 3 is 2.42 bits per heavy atom. The number of hydrogen-bond donors (Lipinski definition) is 0. The number of Topliss-reactive ketones (excluding diaryl/α,β-unsaturated/α-hetero) is 1. The van der Waals surface area contributed by atoms with Gasteiger partial charge in [0, 0.05) is 38.0 Å². The Hall–Kier alpha value is -1.20. The maximum atomic E-state index is 12.1. The highest BCUT2D eigenvalue weighted by molar-refractivity contribution is 7.14. The van der Waals surface area contributed by atoms with Crippen LogP contribution in [0.2, 0.25) is 0 Å². The molecule has 0 radical (unpaired) electrons. The number of hydrogen-bond acceptors (Lipinski definition) is 4. The normalized spacial score (nSPS) is 16.6. The summed E-state index contributed by atoms with van der Waals surface area (Å²) in [4.78, 5) is 29.4. The van der Waals surface area contributed by atoms with Gasteiger partial charge < -0.3 is 4.90 Å². The number of carbonyl (C=O) groups excluding carboxylic acids is 2. The Morgan fingerprint density at radius 2 is 1.89 bits per heavy atom. The molecular formula is C14H20N2O2S. The van der Waals surface area contributed by atoms with Crippen molar-refractivity contribution in [2.45, 2.75) is 20.3 Å². The van der Waals surface area contributed by atoms with Crippen molar-refractivity contribution in [2.24, 2.45) is 0 Å². The van der Waals surface area contributed by atoms with E-state index in [2.05, 4.69) is 11.8 Å². The van der Waals surface area contributed by atoms with Crippen LogP contribution in [-0.4, -0.2) is 54.2 Å². The number of piperazine rings is 1. The number of amides is 1. The minimum atomic E-state index is 0.122. The molecule has 0 aliphatic carbocycles. The van der Waals surface area contributed by atoms with Crippen LogP contribution in [0.25, 0.3) is 0 Å². The van der Waals surface area contributed by atoms with Gasteiger partial charge in [-0.15, -0.1) is 11.3 Å². The predicted molar refractivity (Wildman–Crippen MR) is 76.7 cm³/mol. The Morgan fingerprint density at radius 1 is 1.21 bits per heavy atom. The Kier molecular flexibility index (Phi) is 4.71. The van der Waals surface area contributed by atoms with Crippen molar-refractivity contribution in [1.29, 1.82) is 0 Å². The van der Waals surface area contributed by atoms with E-state index in [0.717, 1.165) is 37.5 Å². The molecule has 1 amide bonds. The van der Waals surface area contributed by atoms with Crippen LogP contribution in [0.3, 0.4) is 0 Å². The molecule has 104 valence electrons. The van der Waals surface area contributed by atoms with Crippen molar-refractivity contribution >= 4 is 23.0 Å². The summed E-state index contributed by atoms with van der Waals surface area (Å²) in [6, 6.07) is 3.96. The summed E-state index contributed by atoms with van der Waals surface area (Å²) in [5, 5.41) is 0. The summed E-state index contributed by atoms with van der Waals surface area (Å²) in [7, 11) is 0. The number of nitrogens with zero attached hydrogens (tertiary/aromatic N) is 2. The summed E-state index contributed by atoms with van der Waals surface area (Å²) in [6.07, 6.45) is 0.981. The molecule has 19 heavy (non-hydrogen) atoms. The minimum Gasteiger partial charge on any atom is -0.340 e. The lowest BCUT2D eigenvalue weighted by molar-refractivity contribution is -0.130. The fourth-order valence-corrected chi connectivity index (χ4v) is 3.10. The second kappa shape index (κ2) is 6.30. The predicted octanol–water partition coefficient (Wildman–Crippen LogP) is 1.66. The largest absolute Gasteiger partial charge is 0.340 e. The van der Waals surface area contributed by atoms with Crippen molar-refractivity contribution in [3.8, 4) is 0 Å². The van der Waals surface area contributed by atoms with Gasteiger partial charge in [0.15, 0.2) is 5.78 Å². The molecule has 0 atom stereocenters. The monoisotopic (exact) mass is 280 g/mol. The van der Waals surface area contributed by atoms with Crippen LogP contribution in [0, 0.1) is 0 Å². The molecule has 1 aromatic heterocycles. The van der Waals surface area contributed by atoms with Crippen LogP contribution in [0.15, 0.2) is 12.1 Å². The van der Waals surface area contributed by atoms with E-state index in [-0.39, 0.29) is 11.7 Å². The number of carbonyl (C=O) groups is 2. The van der Waals surface area contributed by atoms with Gasteiger partial charge >= 0.3 is 0 Å². The molecule has 0 saturated carbocycles.